The maximum absolute atomic E-state index is 12.9. The molecule has 1 aliphatic heterocycles. The molecule has 0 spiro atoms. The van der Waals surface area contributed by atoms with Crippen LogP contribution in [0.5, 0.6) is 0 Å². The van der Waals surface area contributed by atoms with E-state index in [4.69, 9.17) is 5.84 Å². The first-order valence-electron chi connectivity index (χ1n) is 11.7. The van der Waals surface area contributed by atoms with Crippen LogP contribution in [-0.2, 0) is 4.79 Å². The molecule has 1 aliphatic carbocycles. The summed E-state index contributed by atoms with van der Waals surface area (Å²) < 4.78 is 0. The number of anilines is 1. The molecule has 2 aliphatic rings. The van der Waals surface area contributed by atoms with Gasteiger partial charge in [0.25, 0.3) is 0 Å². The number of nitrogens with one attached hydrogen (secondary N) is 1. The smallest absolute Gasteiger partial charge is 0.228 e. The molecule has 1 amide bonds. The van der Waals surface area contributed by atoms with E-state index in [1.54, 1.807) is 7.05 Å². The summed E-state index contributed by atoms with van der Waals surface area (Å²) in [6, 6.07) is 8.10. The van der Waals surface area contributed by atoms with Gasteiger partial charge >= 0.3 is 0 Å². The molecule has 2 aromatic rings. The number of pyridine rings is 1. The SMILES string of the molecule is CN(N)/C=C/c1ccc2cnc(NC(=O)C3CCC(CN4CCN(C)CC4)CC3)cc2c1. The highest BCUT2D eigenvalue weighted by Gasteiger charge is 2.28. The molecule has 1 aromatic carbocycles. The first kappa shape index (κ1) is 22.7. The average molecular weight is 437 g/mol. The van der Waals surface area contributed by atoms with E-state index >= 15 is 0 Å². The molecule has 2 heterocycles. The zero-order valence-electron chi connectivity index (χ0n) is 19.3. The molecule has 7 heteroatoms. The van der Waals surface area contributed by atoms with E-state index in [9.17, 15) is 4.79 Å². The molecular formula is C25H36N6O. The standard InChI is InChI=1S/C25H36N6O/c1-29-11-13-31(14-12-29)18-20-4-6-21(7-5-20)25(32)28-24-16-23-15-19(9-10-30(2)26)3-8-22(23)17-27-24/h3,8-10,15-17,20-21H,4-7,11-14,18,26H2,1-2H3,(H,27,28,32)/b10-9+. The summed E-state index contributed by atoms with van der Waals surface area (Å²) in [6.07, 6.45) is 9.81. The quantitative estimate of drug-likeness (QED) is 0.535. The fraction of sp³-hybridized carbons (Fsp3) is 0.520. The Kier molecular flexibility index (Phi) is 7.40. The van der Waals surface area contributed by atoms with Gasteiger partial charge in [-0.3, -0.25) is 4.79 Å². The number of fused-ring (bicyclic) bond motifs is 1. The van der Waals surface area contributed by atoms with Crippen LogP contribution in [0.1, 0.15) is 31.2 Å². The maximum Gasteiger partial charge on any atom is 0.228 e. The van der Waals surface area contributed by atoms with Gasteiger partial charge in [-0.15, -0.1) is 0 Å². The van der Waals surface area contributed by atoms with Crippen LogP contribution in [0, 0.1) is 11.8 Å². The maximum atomic E-state index is 12.9. The van der Waals surface area contributed by atoms with Gasteiger partial charge in [0.1, 0.15) is 5.82 Å². The van der Waals surface area contributed by atoms with E-state index in [1.165, 1.54) is 37.7 Å². The van der Waals surface area contributed by atoms with Crippen molar-refractivity contribution in [1.82, 2.24) is 19.8 Å². The zero-order chi connectivity index (χ0) is 22.5. The number of piperazine rings is 1. The third kappa shape index (κ3) is 6.06. The van der Waals surface area contributed by atoms with Crippen molar-refractivity contribution in [2.75, 3.05) is 52.1 Å². The summed E-state index contributed by atoms with van der Waals surface area (Å²) in [6.45, 7) is 5.86. The predicted octanol–water partition coefficient (Wildman–Crippen LogP) is 3.00. The lowest BCUT2D eigenvalue weighted by Gasteiger charge is -2.36. The summed E-state index contributed by atoms with van der Waals surface area (Å²) in [7, 11) is 3.98. The Morgan fingerprint density at radius 2 is 1.91 bits per heavy atom. The van der Waals surface area contributed by atoms with Gasteiger partial charge in [0.05, 0.1) is 0 Å². The molecule has 1 saturated heterocycles. The minimum absolute atomic E-state index is 0.0885. The number of hydrogen-bond acceptors (Lipinski definition) is 6. The van der Waals surface area contributed by atoms with Crippen LogP contribution < -0.4 is 11.2 Å². The number of aromatic nitrogens is 1. The molecule has 0 radical (unpaired) electrons. The molecule has 0 atom stereocenters. The van der Waals surface area contributed by atoms with Gasteiger partial charge in [0.15, 0.2) is 0 Å². The first-order valence-corrected chi connectivity index (χ1v) is 11.7. The zero-order valence-corrected chi connectivity index (χ0v) is 19.3. The van der Waals surface area contributed by atoms with Crippen molar-refractivity contribution in [3.05, 3.63) is 42.2 Å². The lowest BCUT2D eigenvalue weighted by Crippen LogP contribution is -2.46. The molecule has 7 nitrogen and oxygen atoms in total. The predicted molar refractivity (Wildman–Crippen MR) is 131 cm³/mol. The normalized spacial score (nSPS) is 23.0. The number of carbonyl (C=O) groups is 1. The van der Waals surface area contributed by atoms with E-state index in [2.05, 4.69) is 33.2 Å². The van der Waals surface area contributed by atoms with Gasteiger partial charge in [0, 0.05) is 63.5 Å². The lowest BCUT2D eigenvalue weighted by atomic mass is 9.81. The van der Waals surface area contributed by atoms with Crippen LogP contribution >= 0.6 is 0 Å². The second-order valence-electron chi connectivity index (χ2n) is 9.47. The fourth-order valence-corrected chi connectivity index (χ4v) is 4.77. The van der Waals surface area contributed by atoms with Gasteiger partial charge in [-0.1, -0.05) is 12.1 Å². The molecule has 172 valence electrons. The summed E-state index contributed by atoms with van der Waals surface area (Å²) in [5.41, 5.74) is 1.05. The van der Waals surface area contributed by atoms with Gasteiger partial charge in [-0.2, -0.15) is 0 Å². The molecule has 0 unspecified atom stereocenters. The number of rotatable bonds is 6. The summed E-state index contributed by atoms with van der Waals surface area (Å²) in [4.78, 5) is 22.3. The number of amides is 1. The molecule has 3 N–H and O–H groups in total. The van der Waals surface area contributed by atoms with Gasteiger partial charge in [0.2, 0.25) is 5.91 Å². The number of nitrogens with zero attached hydrogens (tertiary/aromatic N) is 4. The Balaban J connectivity index is 1.30. The monoisotopic (exact) mass is 436 g/mol. The number of hydrazine groups is 1. The third-order valence-corrected chi connectivity index (χ3v) is 6.83. The molecule has 2 fully saturated rings. The van der Waals surface area contributed by atoms with Gasteiger partial charge < -0.3 is 20.1 Å². The Morgan fingerprint density at radius 3 is 2.62 bits per heavy atom. The van der Waals surface area contributed by atoms with Crippen LogP contribution in [0.4, 0.5) is 5.82 Å². The summed E-state index contributed by atoms with van der Waals surface area (Å²) in [5, 5.41) is 6.67. The Hall–Kier alpha value is -2.48. The molecule has 4 rings (SSSR count). The minimum atomic E-state index is 0.0885. The van der Waals surface area contributed by atoms with Crippen molar-refractivity contribution in [2.24, 2.45) is 17.7 Å². The van der Waals surface area contributed by atoms with E-state index in [0.717, 1.165) is 47.9 Å². The van der Waals surface area contributed by atoms with Crippen LogP contribution in [0.3, 0.4) is 0 Å². The summed E-state index contributed by atoms with van der Waals surface area (Å²) >= 11 is 0. The van der Waals surface area contributed by atoms with Crippen molar-refractivity contribution < 1.29 is 4.79 Å². The topological polar surface area (TPSA) is 77.7 Å². The Bertz CT molecular complexity index is 943. The van der Waals surface area contributed by atoms with Crippen LogP contribution in [0.2, 0.25) is 0 Å². The average Bonchev–Trinajstić information content (AvgIpc) is 2.79. The lowest BCUT2D eigenvalue weighted by molar-refractivity contribution is -0.121. The fourth-order valence-electron chi connectivity index (χ4n) is 4.77. The molecular weight excluding hydrogens is 400 g/mol. The number of carbonyl (C=O) groups excluding carboxylic acids is 1. The minimum Gasteiger partial charge on any atom is -0.321 e. The van der Waals surface area contributed by atoms with Crippen molar-refractivity contribution in [3.63, 3.8) is 0 Å². The highest BCUT2D eigenvalue weighted by atomic mass is 16.1. The Morgan fingerprint density at radius 1 is 1.16 bits per heavy atom. The van der Waals surface area contributed by atoms with E-state index in [1.807, 2.05) is 36.7 Å². The second kappa shape index (κ2) is 10.4. The van der Waals surface area contributed by atoms with Crippen molar-refractivity contribution >= 4 is 28.6 Å². The number of likely N-dealkylation sites (N-methyl/N-ethyl adjacent to an activating group) is 1. The van der Waals surface area contributed by atoms with E-state index in [0.29, 0.717) is 5.82 Å². The highest BCUT2D eigenvalue weighted by molar-refractivity contribution is 5.94. The molecule has 0 bridgehead atoms. The largest absolute Gasteiger partial charge is 0.321 e. The molecule has 1 aromatic heterocycles. The second-order valence-corrected chi connectivity index (χ2v) is 9.47. The van der Waals surface area contributed by atoms with Crippen molar-refractivity contribution in [3.8, 4) is 0 Å². The molecule has 1 saturated carbocycles. The van der Waals surface area contributed by atoms with Crippen molar-refractivity contribution in [1.29, 1.82) is 0 Å². The number of nitrogens with two attached hydrogens (primary N) is 1. The van der Waals surface area contributed by atoms with Gasteiger partial charge in [-0.05, 0) is 67.8 Å². The molecule has 32 heavy (non-hydrogen) atoms. The number of benzene rings is 1. The van der Waals surface area contributed by atoms with Crippen molar-refractivity contribution in [2.45, 2.75) is 25.7 Å². The third-order valence-electron chi connectivity index (χ3n) is 6.83. The first-order chi connectivity index (χ1) is 15.5. The number of hydrogen-bond donors (Lipinski definition) is 2. The van der Waals surface area contributed by atoms with E-state index in [-0.39, 0.29) is 11.8 Å². The summed E-state index contributed by atoms with van der Waals surface area (Å²) in [5.74, 6) is 7.19. The van der Waals surface area contributed by atoms with Gasteiger partial charge in [-0.25, -0.2) is 10.8 Å². The van der Waals surface area contributed by atoms with Crippen LogP contribution in [0.25, 0.3) is 16.8 Å². The Labute approximate surface area is 191 Å². The van der Waals surface area contributed by atoms with Crippen LogP contribution in [-0.4, -0.2) is 72.5 Å². The van der Waals surface area contributed by atoms with E-state index < -0.39 is 0 Å². The van der Waals surface area contributed by atoms with Crippen LogP contribution in [0.15, 0.2) is 36.7 Å². The highest BCUT2D eigenvalue weighted by Crippen LogP contribution is 2.30.